The van der Waals surface area contributed by atoms with Crippen molar-refractivity contribution < 1.29 is 9.53 Å². The van der Waals surface area contributed by atoms with Crippen LogP contribution in [0.5, 0.6) is 0 Å². The van der Waals surface area contributed by atoms with Gasteiger partial charge in [0, 0.05) is 19.1 Å². The van der Waals surface area contributed by atoms with Crippen molar-refractivity contribution in [2.75, 3.05) is 19.6 Å². The SMILES string of the molecule is CCCN(C(=O)OC(C)(C)C)C1CCNC1. The molecule has 1 aliphatic rings. The van der Waals surface area contributed by atoms with E-state index in [1.165, 1.54) is 0 Å². The standard InChI is InChI=1S/C12H24N2O2/c1-5-8-14(10-6-7-13-9-10)11(15)16-12(2,3)4/h10,13H,5-9H2,1-4H3. The maximum Gasteiger partial charge on any atom is 0.410 e. The Morgan fingerprint density at radius 3 is 2.62 bits per heavy atom. The minimum absolute atomic E-state index is 0.178. The van der Waals surface area contributed by atoms with E-state index >= 15 is 0 Å². The molecule has 0 aromatic rings. The summed E-state index contributed by atoms with van der Waals surface area (Å²) in [5, 5.41) is 3.28. The highest BCUT2D eigenvalue weighted by Crippen LogP contribution is 2.15. The van der Waals surface area contributed by atoms with Crippen LogP contribution < -0.4 is 5.32 Å². The first-order chi connectivity index (χ1) is 7.44. The van der Waals surface area contributed by atoms with Crippen LogP contribution in [0, 0.1) is 0 Å². The minimum Gasteiger partial charge on any atom is -0.444 e. The van der Waals surface area contributed by atoms with Gasteiger partial charge in [0.05, 0.1) is 0 Å². The summed E-state index contributed by atoms with van der Waals surface area (Å²) in [5.74, 6) is 0. The van der Waals surface area contributed by atoms with Gasteiger partial charge in [-0.15, -0.1) is 0 Å². The molecule has 4 heteroatoms. The van der Waals surface area contributed by atoms with Crippen molar-refractivity contribution in [3.8, 4) is 0 Å². The van der Waals surface area contributed by atoms with E-state index < -0.39 is 5.60 Å². The summed E-state index contributed by atoms with van der Waals surface area (Å²) in [7, 11) is 0. The van der Waals surface area contributed by atoms with Crippen LogP contribution in [-0.2, 0) is 4.74 Å². The van der Waals surface area contributed by atoms with Crippen molar-refractivity contribution in [3.63, 3.8) is 0 Å². The molecule has 1 N–H and O–H groups in total. The second-order valence-electron chi connectivity index (χ2n) is 5.32. The molecule has 0 bridgehead atoms. The zero-order valence-electron chi connectivity index (χ0n) is 10.9. The molecule has 1 atom stereocenters. The van der Waals surface area contributed by atoms with E-state index in [4.69, 9.17) is 4.74 Å². The van der Waals surface area contributed by atoms with Crippen molar-refractivity contribution in [2.45, 2.75) is 52.2 Å². The number of rotatable bonds is 3. The highest BCUT2D eigenvalue weighted by Gasteiger charge is 2.29. The Hall–Kier alpha value is -0.770. The lowest BCUT2D eigenvalue weighted by atomic mass is 10.2. The van der Waals surface area contributed by atoms with E-state index in [-0.39, 0.29) is 6.09 Å². The van der Waals surface area contributed by atoms with Crippen molar-refractivity contribution in [1.82, 2.24) is 10.2 Å². The van der Waals surface area contributed by atoms with E-state index in [0.29, 0.717) is 6.04 Å². The third-order valence-corrected chi connectivity index (χ3v) is 2.57. The van der Waals surface area contributed by atoms with Gasteiger partial charge in [0.2, 0.25) is 0 Å². The normalized spacial score (nSPS) is 20.9. The van der Waals surface area contributed by atoms with E-state index in [0.717, 1.165) is 32.5 Å². The van der Waals surface area contributed by atoms with Gasteiger partial charge in [0.15, 0.2) is 0 Å². The van der Waals surface area contributed by atoms with E-state index in [2.05, 4.69) is 12.2 Å². The molecule has 94 valence electrons. The van der Waals surface area contributed by atoms with Gasteiger partial charge in [0.25, 0.3) is 0 Å². The third kappa shape index (κ3) is 4.00. The maximum absolute atomic E-state index is 12.0. The Bertz CT molecular complexity index is 230. The molecule has 1 fully saturated rings. The lowest BCUT2D eigenvalue weighted by molar-refractivity contribution is 0.0177. The molecule has 1 aliphatic heterocycles. The molecule has 1 amide bonds. The summed E-state index contributed by atoms with van der Waals surface area (Å²) in [5.41, 5.74) is -0.408. The number of hydrogen-bond donors (Lipinski definition) is 1. The van der Waals surface area contributed by atoms with E-state index in [1.54, 1.807) is 0 Å². The molecular weight excluding hydrogens is 204 g/mol. The predicted molar refractivity (Wildman–Crippen MR) is 64.5 cm³/mol. The third-order valence-electron chi connectivity index (χ3n) is 2.57. The quantitative estimate of drug-likeness (QED) is 0.803. The zero-order valence-corrected chi connectivity index (χ0v) is 10.9. The second kappa shape index (κ2) is 5.53. The number of carbonyl (C=O) groups excluding carboxylic acids is 1. The molecule has 1 rings (SSSR count). The van der Waals surface area contributed by atoms with Gasteiger partial charge in [-0.2, -0.15) is 0 Å². The first kappa shape index (κ1) is 13.3. The van der Waals surface area contributed by atoms with Gasteiger partial charge >= 0.3 is 6.09 Å². The van der Waals surface area contributed by atoms with Crippen LogP contribution in [0.3, 0.4) is 0 Å². The predicted octanol–water partition coefficient (Wildman–Crippen LogP) is 2.00. The summed E-state index contributed by atoms with van der Waals surface area (Å²) in [6, 6.07) is 0.301. The Morgan fingerprint density at radius 2 is 2.19 bits per heavy atom. The second-order valence-corrected chi connectivity index (χ2v) is 5.32. The van der Waals surface area contributed by atoms with Crippen LogP contribution in [0.15, 0.2) is 0 Å². The fourth-order valence-electron chi connectivity index (χ4n) is 1.89. The molecule has 0 aromatic heterocycles. The van der Waals surface area contributed by atoms with Crippen LogP contribution in [0.1, 0.15) is 40.5 Å². The van der Waals surface area contributed by atoms with Crippen molar-refractivity contribution in [3.05, 3.63) is 0 Å². The van der Waals surface area contributed by atoms with Crippen LogP contribution in [0.4, 0.5) is 4.79 Å². The number of carbonyl (C=O) groups is 1. The molecular formula is C12H24N2O2. The average molecular weight is 228 g/mol. The molecule has 16 heavy (non-hydrogen) atoms. The molecule has 0 saturated carbocycles. The van der Waals surface area contributed by atoms with E-state index in [9.17, 15) is 4.79 Å². The Labute approximate surface area is 98.3 Å². The molecule has 0 radical (unpaired) electrons. The topological polar surface area (TPSA) is 41.6 Å². The summed E-state index contributed by atoms with van der Waals surface area (Å²) in [6.07, 6.45) is 1.82. The summed E-state index contributed by atoms with van der Waals surface area (Å²) in [4.78, 5) is 13.9. The summed E-state index contributed by atoms with van der Waals surface area (Å²) in [6.45, 7) is 10.5. The molecule has 1 saturated heterocycles. The number of hydrogen-bond acceptors (Lipinski definition) is 3. The van der Waals surface area contributed by atoms with Crippen LogP contribution in [-0.4, -0.2) is 42.3 Å². The number of amides is 1. The van der Waals surface area contributed by atoms with Gasteiger partial charge in [-0.3, -0.25) is 0 Å². The van der Waals surface area contributed by atoms with Crippen molar-refractivity contribution in [1.29, 1.82) is 0 Å². The largest absolute Gasteiger partial charge is 0.444 e. The van der Waals surface area contributed by atoms with Gasteiger partial charge in [0.1, 0.15) is 5.60 Å². The van der Waals surface area contributed by atoms with Crippen LogP contribution >= 0.6 is 0 Å². The summed E-state index contributed by atoms with van der Waals surface area (Å²) < 4.78 is 5.42. The van der Waals surface area contributed by atoms with Gasteiger partial charge in [-0.05, 0) is 40.2 Å². The average Bonchev–Trinajstić information content (AvgIpc) is 2.63. The number of nitrogens with one attached hydrogen (secondary N) is 1. The number of ether oxygens (including phenoxy) is 1. The smallest absolute Gasteiger partial charge is 0.410 e. The number of nitrogens with zero attached hydrogens (tertiary/aromatic N) is 1. The zero-order chi connectivity index (χ0) is 12.2. The van der Waals surface area contributed by atoms with Crippen molar-refractivity contribution in [2.24, 2.45) is 0 Å². The first-order valence-corrected chi connectivity index (χ1v) is 6.14. The molecule has 4 nitrogen and oxygen atoms in total. The molecule has 1 heterocycles. The first-order valence-electron chi connectivity index (χ1n) is 6.14. The van der Waals surface area contributed by atoms with Crippen LogP contribution in [0.2, 0.25) is 0 Å². The lowest BCUT2D eigenvalue weighted by Gasteiger charge is -2.31. The Kier molecular flexibility index (Phi) is 4.59. The minimum atomic E-state index is -0.408. The highest BCUT2D eigenvalue weighted by atomic mass is 16.6. The monoisotopic (exact) mass is 228 g/mol. The highest BCUT2D eigenvalue weighted by molar-refractivity contribution is 5.68. The molecule has 0 aliphatic carbocycles. The summed E-state index contributed by atoms with van der Waals surface area (Å²) >= 11 is 0. The maximum atomic E-state index is 12.0. The van der Waals surface area contributed by atoms with Gasteiger partial charge in [-0.25, -0.2) is 4.79 Å². The fraction of sp³-hybridized carbons (Fsp3) is 0.917. The van der Waals surface area contributed by atoms with Crippen LogP contribution in [0.25, 0.3) is 0 Å². The van der Waals surface area contributed by atoms with Gasteiger partial charge < -0.3 is 15.0 Å². The molecule has 0 spiro atoms. The molecule has 1 unspecified atom stereocenters. The van der Waals surface area contributed by atoms with Crippen molar-refractivity contribution >= 4 is 6.09 Å². The Morgan fingerprint density at radius 1 is 1.50 bits per heavy atom. The fourth-order valence-corrected chi connectivity index (χ4v) is 1.89. The van der Waals surface area contributed by atoms with E-state index in [1.807, 2.05) is 25.7 Å². The van der Waals surface area contributed by atoms with Gasteiger partial charge in [-0.1, -0.05) is 6.92 Å². The lowest BCUT2D eigenvalue weighted by Crippen LogP contribution is -2.44. The Balaban J connectivity index is 2.57. The molecule has 0 aromatic carbocycles.